The average molecular weight is 227 g/mol. The number of hydrogen-bond acceptors (Lipinski definition) is 3. The van der Waals surface area contributed by atoms with E-state index in [0.29, 0.717) is 5.56 Å². The van der Waals surface area contributed by atoms with Crippen molar-refractivity contribution in [2.45, 2.75) is 13.0 Å². The fourth-order valence-electron chi connectivity index (χ4n) is 1.19. The van der Waals surface area contributed by atoms with Gasteiger partial charge in [-0.25, -0.2) is 4.39 Å². The molecule has 1 unspecified atom stereocenters. The molecule has 0 bridgehead atoms. The minimum Gasteiger partial charge on any atom is -0.483 e. The molecular weight excluding hydrogens is 213 g/mol. The molecule has 0 aromatic heterocycles. The molecule has 0 spiro atoms. The quantitative estimate of drug-likeness (QED) is 0.806. The summed E-state index contributed by atoms with van der Waals surface area (Å²) in [6.45, 7) is 1.33. The van der Waals surface area contributed by atoms with Gasteiger partial charge < -0.3 is 15.2 Å². The zero-order valence-electron chi connectivity index (χ0n) is 9.16. The predicted octanol–water partition coefficient (Wildman–Crippen LogP) is 1.00. The van der Waals surface area contributed by atoms with E-state index < -0.39 is 11.9 Å². The number of halogens is 1. The topological polar surface area (TPSA) is 58.6 Å². The summed E-state index contributed by atoms with van der Waals surface area (Å²) < 4.78 is 18.1. The fraction of sp³-hybridized carbons (Fsp3) is 0.364. The number of carbonyl (C=O) groups excluding carboxylic acids is 1. The minimum absolute atomic E-state index is 0.179. The maximum Gasteiger partial charge on any atom is 0.257 e. The first-order valence-corrected chi connectivity index (χ1v) is 4.85. The van der Waals surface area contributed by atoms with Gasteiger partial charge in [0.25, 0.3) is 5.91 Å². The summed E-state index contributed by atoms with van der Waals surface area (Å²) in [5, 5.41) is 11.8. The number of carbonyl (C=O) groups is 1. The standard InChI is InChI=1S/C11H14FNO3/c1-7(14)9-4-3-8(12)5-10(9)16-6-11(15)13-2/h3-5,7,14H,6H2,1-2H3,(H,13,15). The van der Waals surface area contributed by atoms with Gasteiger partial charge in [-0.3, -0.25) is 4.79 Å². The number of likely N-dealkylation sites (N-methyl/N-ethyl adjacent to an activating group) is 1. The molecule has 4 nitrogen and oxygen atoms in total. The Bertz CT molecular complexity index is 379. The normalized spacial score (nSPS) is 12.0. The van der Waals surface area contributed by atoms with Crippen LogP contribution < -0.4 is 10.1 Å². The Hall–Kier alpha value is -1.62. The second-order valence-electron chi connectivity index (χ2n) is 3.32. The number of nitrogens with one attached hydrogen (secondary N) is 1. The summed E-state index contributed by atoms with van der Waals surface area (Å²) in [7, 11) is 1.48. The SMILES string of the molecule is CNC(=O)COc1cc(F)ccc1C(C)O. The number of aliphatic hydroxyl groups is 1. The highest BCUT2D eigenvalue weighted by molar-refractivity contribution is 5.77. The largest absolute Gasteiger partial charge is 0.483 e. The molecule has 0 aliphatic heterocycles. The molecule has 1 amide bonds. The van der Waals surface area contributed by atoms with Gasteiger partial charge in [-0.1, -0.05) is 0 Å². The third kappa shape index (κ3) is 3.20. The maximum absolute atomic E-state index is 13.0. The van der Waals surface area contributed by atoms with E-state index in [1.54, 1.807) is 6.92 Å². The Labute approximate surface area is 93.0 Å². The molecule has 0 aliphatic carbocycles. The van der Waals surface area contributed by atoms with E-state index in [9.17, 15) is 14.3 Å². The van der Waals surface area contributed by atoms with Crippen molar-refractivity contribution in [3.63, 3.8) is 0 Å². The lowest BCUT2D eigenvalue weighted by atomic mass is 10.1. The van der Waals surface area contributed by atoms with Crippen LogP contribution in [0.2, 0.25) is 0 Å². The summed E-state index contributed by atoms with van der Waals surface area (Å²) in [6.07, 6.45) is -0.778. The van der Waals surface area contributed by atoms with Crippen molar-refractivity contribution in [2.75, 3.05) is 13.7 Å². The van der Waals surface area contributed by atoms with E-state index in [0.717, 1.165) is 6.07 Å². The Morgan fingerprint density at radius 3 is 2.88 bits per heavy atom. The molecule has 5 heteroatoms. The van der Waals surface area contributed by atoms with Crippen LogP contribution in [0.1, 0.15) is 18.6 Å². The van der Waals surface area contributed by atoms with Crippen LogP contribution in [-0.2, 0) is 4.79 Å². The van der Waals surface area contributed by atoms with Crippen molar-refractivity contribution >= 4 is 5.91 Å². The number of aliphatic hydroxyl groups excluding tert-OH is 1. The number of hydrogen-bond donors (Lipinski definition) is 2. The van der Waals surface area contributed by atoms with Gasteiger partial charge in [0.15, 0.2) is 6.61 Å². The number of benzene rings is 1. The first-order valence-electron chi connectivity index (χ1n) is 4.85. The molecule has 16 heavy (non-hydrogen) atoms. The third-order valence-electron chi connectivity index (χ3n) is 2.06. The average Bonchev–Trinajstić information content (AvgIpc) is 2.25. The maximum atomic E-state index is 13.0. The van der Waals surface area contributed by atoms with Gasteiger partial charge in [0.05, 0.1) is 6.10 Å². The Morgan fingerprint density at radius 1 is 1.62 bits per heavy atom. The second kappa shape index (κ2) is 5.46. The van der Waals surface area contributed by atoms with Crippen LogP contribution in [-0.4, -0.2) is 24.7 Å². The predicted molar refractivity (Wildman–Crippen MR) is 56.6 cm³/mol. The molecule has 1 rings (SSSR count). The van der Waals surface area contributed by atoms with Crippen molar-refractivity contribution in [3.8, 4) is 5.75 Å². The molecule has 0 aliphatic rings. The zero-order chi connectivity index (χ0) is 12.1. The summed E-state index contributed by atoms with van der Waals surface area (Å²) in [5.74, 6) is -0.615. The fourth-order valence-corrected chi connectivity index (χ4v) is 1.19. The number of ether oxygens (including phenoxy) is 1. The summed E-state index contributed by atoms with van der Waals surface area (Å²) >= 11 is 0. The van der Waals surface area contributed by atoms with Crippen molar-refractivity contribution in [3.05, 3.63) is 29.6 Å². The van der Waals surface area contributed by atoms with Crippen molar-refractivity contribution < 1.29 is 19.0 Å². The molecule has 0 saturated heterocycles. The molecular formula is C11H14FNO3. The zero-order valence-corrected chi connectivity index (χ0v) is 9.16. The Kier molecular flexibility index (Phi) is 4.25. The van der Waals surface area contributed by atoms with E-state index in [2.05, 4.69) is 5.32 Å². The van der Waals surface area contributed by atoms with Gasteiger partial charge in [-0.2, -0.15) is 0 Å². The Balaban J connectivity index is 2.84. The van der Waals surface area contributed by atoms with Crippen LogP contribution >= 0.6 is 0 Å². The van der Waals surface area contributed by atoms with Crippen molar-refractivity contribution in [1.29, 1.82) is 0 Å². The van der Waals surface area contributed by atoms with Crippen molar-refractivity contribution in [2.24, 2.45) is 0 Å². The number of amides is 1. The van der Waals surface area contributed by atoms with E-state index in [1.165, 1.54) is 19.2 Å². The highest BCUT2D eigenvalue weighted by Gasteiger charge is 2.11. The van der Waals surface area contributed by atoms with Crippen LogP contribution in [0, 0.1) is 5.82 Å². The van der Waals surface area contributed by atoms with Crippen LogP contribution in [0.3, 0.4) is 0 Å². The number of rotatable bonds is 4. The van der Waals surface area contributed by atoms with Gasteiger partial charge in [0.2, 0.25) is 0 Å². The molecule has 0 heterocycles. The van der Waals surface area contributed by atoms with Crippen LogP contribution in [0.15, 0.2) is 18.2 Å². The van der Waals surface area contributed by atoms with Crippen molar-refractivity contribution in [1.82, 2.24) is 5.32 Å². The van der Waals surface area contributed by atoms with E-state index >= 15 is 0 Å². The molecule has 2 N–H and O–H groups in total. The second-order valence-corrected chi connectivity index (χ2v) is 3.32. The lowest BCUT2D eigenvalue weighted by Gasteiger charge is -2.12. The monoisotopic (exact) mass is 227 g/mol. The van der Waals surface area contributed by atoms with E-state index in [-0.39, 0.29) is 18.3 Å². The minimum atomic E-state index is -0.778. The van der Waals surface area contributed by atoms with E-state index in [1.807, 2.05) is 0 Å². The van der Waals surface area contributed by atoms with E-state index in [4.69, 9.17) is 4.74 Å². The van der Waals surface area contributed by atoms with Gasteiger partial charge in [-0.05, 0) is 19.1 Å². The van der Waals surface area contributed by atoms with Gasteiger partial charge in [0, 0.05) is 18.7 Å². The van der Waals surface area contributed by atoms with Crippen LogP contribution in [0.25, 0.3) is 0 Å². The van der Waals surface area contributed by atoms with Gasteiger partial charge in [-0.15, -0.1) is 0 Å². The molecule has 1 atom stereocenters. The molecule has 0 fully saturated rings. The lowest BCUT2D eigenvalue weighted by Crippen LogP contribution is -2.25. The molecule has 88 valence electrons. The van der Waals surface area contributed by atoms with Crippen LogP contribution in [0.4, 0.5) is 4.39 Å². The molecule has 0 radical (unpaired) electrons. The summed E-state index contributed by atoms with van der Waals surface area (Å²) in [4.78, 5) is 11.0. The summed E-state index contributed by atoms with van der Waals surface area (Å²) in [5.41, 5.74) is 0.449. The smallest absolute Gasteiger partial charge is 0.257 e. The first kappa shape index (κ1) is 12.4. The third-order valence-corrected chi connectivity index (χ3v) is 2.06. The van der Waals surface area contributed by atoms with Gasteiger partial charge >= 0.3 is 0 Å². The first-order chi connectivity index (χ1) is 7.54. The Morgan fingerprint density at radius 2 is 2.31 bits per heavy atom. The lowest BCUT2D eigenvalue weighted by molar-refractivity contribution is -0.122. The molecule has 1 aromatic carbocycles. The highest BCUT2D eigenvalue weighted by Crippen LogP contribution is 2.25. The molecule has 1 aromatic rings. The summed E-state index contributed by atoms with van der Waals surface area (Å²) in [6, 6.07) is 3.80. The molecule has 0 saturated carbocycles. The van der Waals surface area contributed by atoms with Gasteiger partial charge in [0.1, 0.15) is 11.6 Å². The highest BCUT2D eigenvalue weighted by atomic mass is 19.1. The van der Waals surface area contributed by atoms with Crippen LogP contribution in [0.5, 0.6) is 5.75 Å².